The summed E-state index contributed by atoms with van der Waals surface area (Å²) in [6, 6.07) is 8.59. The Morgan fingerprint density at radius 3 is 2.76 bits per heavy atom. The molecule has 1 heterocycles. The van der Waals surface area contributed by atoms with Crippen LogP contribution in [0.5, 0.6) is 5.75 Å². The van der Waals surface area contributed by atoms with E-state index in [0.717, 1.165) is 11.3 Å². The number of nitrogens with one attached hydrogen (secondary N) is 1. The lowest BCUT2D eigenvalue weighted by Gasteiger charge is -2.15. The zero-order valence-electron chi connectivity index (χ0n) is 11.4. The van der Waals surface area contributed by atoms with E-state index in [-0.39, 0.29) is 27.8 Å². The zero-order chi connectivity index (χ0) is 15.4. The average Bonchev–Trinajstić information content (AvgIpc) is 2.49. The number of rotatable bonds is 4. The second-order valence-corrected chi connectivity index (χ2v) is 5.09. The third kappa shape index (κ3) is 3.83. The molecule has 1 aromatic heterocycles. The highest BCUT2D eigenvalue weighted by atomic mass is 35.5. The van der Waals surface area contributed by atoms with E-state index in [1.54, 1.807) is 7.11 Å². The van der Waals surface area contributed by atoms with Gasteiger partial charge < -0.3 is 10.1 Å². The van der Waals surface area contributed by atoms with Crippen molar-refractivity contribution in [1.29, 1.82) is 0 Å². The Labute approximate surface area is 132 Å². The first kappa shape index (κ1) is 15.5. The van der Waals surface area contributed by atoms with Gasteiger partial charge in [-0.3, -0.25) is 4.79 Å². The predicted octanol–water partition coefficient (Wildman–Crippen LogP) is 3.28. The third-order valence-corrected chi connectivity index (χ3v) is 3.37. The maximum Gasteiger partial charge on any atom is 0.255 e. The van der Waals surface area contributed by atoms with Crippen molar-refractivity contribution in [3.63, 3.8) is 0 Å². The number of carbonyl (C=O) groups is 1. The number of benzene rings is 1. The molecule has 1 aromatic carbocycles. The van der Waals surface area contributed by atoms with Crippen molar-refractivity contribution in [1.82, 2.24) is 15.5 Å². The molecule has 1 atom stereocenters. The number of methoxy groups -OCH3 is 1. The molecule has 1 unspecified atom stereocenters. The fraction of sp³-hybridized carbons (Fsp3) is 0.214. The highest BCUT2D eigenvalue weighted by Gasteiger charge is 2.16. The molecule has 0 aliphatic rings. The standard InChI is InChI=1S/C14H13Cl2N3O2/c1-8(9-4-3-5-10(6-9)21-2)17-14(20)11-7-12(15)18-19-13(11)16/h3-8H,1-2H3,(H,17,20). The monoisotopic (exact) mass is 325 g/mol. The van der Waals surface area contributed by atoms with Gasteiger partial charge in [-0.2, -0.15) is 0 Å². The van der Waals surface area contributed by atoms with Gasteiger partial charge >= 0.3 is 0 Å². The zero-order valence-corrected chi connectivity index (χ0v) is 12.9. The molecule has 110 valence electrons. The molecule has 5 nitrogen and oxygen atoms in total. The summed E-state index contributed by atoms with van der Waals surface area (Å²) in [5, 5.41) is 10.1. The topological polar surface area (TPSA) is 64.1 Å². The highest BCUT2D eigenvalue weighted by Crippen LogP contribution is 2.20. The van der Waals surface area contributed by atoms with Crippen molar-refractivity contribution < 1.29 is 9.53 Å². The number of amides is 1. The van der Waals surface area contributed by atoms with Crippen LogP contribution in [0.3, 0.4) is 0 Å². The Morgan fingerprint density at radius 2 is 2.05 bits per heavy atom. The smallest absolute Gasteiger partial charge is 0.255 e. The largest absolute Gasteiger partial charge is 0.497 e. The average molecular weight is 326 g/mol. The van der Waals surface area contributed by atoms with E-state index in [9.17, 15) is 4.79 Å². The van der Waals surface area contributed by atoms with Gasteiger partial charge in [0.2, 0.25) is 0 Å². The Balaban J connectivity index is 2.16. The number of aromatic nitrogens is 2. The SMILES string of the molecule is COc1cccc(C(C)NC(=O)c2cc(Cl)nnc2Cl)c1. The van der Waals surface area contributed by atoms with Crippen LogP contribution in [0, 0.1) is 0 Å². The Kier molecular flexibility index (Phi) is 4.98. The van der Waals surface area contributed by atoms with Crippen molar-refractivity contribution in [2.24, 2.45) is 0 Å². The summed E-state index contributed by atoms with van der Waals surface area (Å²) in [6.45, 7) is 1.86. The molecule has 7 heteroatoms. The first-order chi connectivity index (χ1) is 10.0. The lowest BCUT2D eigenvalue weighted by Crippen LogP contribution is -2.27. The molecule has 1 N–H and O–H groups in total. The van der Waals surface area contributed by atoms with Crippen molar-refractivity contribution in [3.05, 3.63) is 51.8 Å². The maximum absolute atomic E-state index is 12.2. The van der Waals surface area contributed by atoms with Gasteiger partial charge in [0, 0.05) is 0 Å². The van der Waals surface area contributed by atoms with Crippen molar-refractivity contribution >= 4 is 29.1 Å². The highest BCUT2D eigenvalue weighted by molar-refractivity contribution is 6.34. The number of hydrogen-bond donors (Lipinski definition) is 1. The summed E-state index contributed by atoms with van der Waals surface area (Å²) < 4.78 is 5.16. The summed E-state index contributed by atoms with van der Waals surface area (Å²) in [5.41, 5.74) is 1.10. The van der Waals surface area contributed by atoms with Gasteiger partial charge in [-0.05, 0) is 30.7 Å². The second kappa shape index (κ2) is 6.74. The lowest BCUT2D eigenvalue weighted by molar-refractivity contribution is 0.0939. The van der Waals surface area contributed by atoms with Gasteiger partial charge in [-0.1, -0.05) is 35.3 Å². The number of carbonyl (C=O) groups excluding carboxylic acids is 1. The predicted molar refractivity (Wildman–Crippen MR) is 80.9 cm³/mol. The minimum Gasteiger partial charge on any atom is -0.497 e. The first-order valence-electron chi connectivity index (χ1n) is 6.15. The molecular formula is C14H13Cl2N3O2. The maximum atomic E-state index is 12.2. The molecule has 2 aromatic rings. The Bertz CT molecular complexity index is 664. The number of nitrogens with zero attached hydrogens (tertiary/aromatic N) is 2. The lowest BCUT2D eigenvalue weighted by atomic mass is 10.1. The fourth-order valence-corrected chi connectivity index (χ4v) is 2.11. The summed E-state index contributed by atoms with van der Waals surface area (Å²) in [4.78, 5) is 12.2. The van der Waals surface area contributed by atoms with E-state index in [1.807, 2.05) is 31.2 Å². The van der Waals surface area contributed by atoms with Crippen LogP contribution in [0.4, 0.5) is 0 Å². The van der Waals surface area contributed by atoms with Crippen molar-refractivity contribution in [3.8, 4) is 5.75 Å². The van der Waals surface area contributed by atoms with E-state index in [2.05, 4.69) is 15.5 Å². The fourth-order valence-electron chi connectivity index (χ4n) is 1.78. The van der Waals surface area contributed by atoms with Gasteiger partial charge in [-0.25, -0.2) is 0 Å². The summed E-state index contributed by atoms with van der Waals surface area (Å²) in [7, 11) is 1.59. The van der Waals surface area contributed by atoms with Crippen LogP contribution in [0.15, 0.2) is 30.3 Å². The van der Waals surface area contributed by atoms with Crippen molar-refractivity contribution in [2.75, 3.05) is 7.11 Å². The molecule has 2 rings (SSSR count). The van der Waals surface area contributed by atoms with Crippen LogP contribution >= 0.6 is 23.2 Å². The molecule has 0 radical (unpaired) electrons. The van der Waals surface area contributed by atoms with Crippen LogP contribution in [0.2, 0.25) is 10.3 Å². The van der Waals surface area contributed by atoms with Crippen LogP contribution in [-0.4, -0.2) is 23.2 Å². The molecule has 0 aliphatic heterocycles. The van der Waals surface area contributed by atoms with E-state index >= 15 is 0 Å². The van der Waals surface area contributed by atoms with E-state index in [1.165, 1.54) is 6.07 Å². The van der Waals surface area contributed by atoms with Crippen LogP contribution in [0.1, 0.15) is 28.9 Å². The molecular weight excluding hydrogens is 313 g/mol. The van der Waals surface area contributed by atoms with Crippen molar-refractivity contribution in [2.45, 2.75) is 13.0 Å². The number of hydrogen-bond acceptors (Lipinski definition) is 4. The van der Waals surface area contributed by atoms with Crippen LogP contribution < -0.4 is 10.1 Å². The van der Waals surface area contributed by atoms with Crippen LogP contribution in [-0.2, 0) is 0 Å². The van der Waals surface area contributed by atoms with Gasteiger partial charge in [-0.15, -0.1) is 10.2 Å². The molecule has 0 spiro atoms. The van der Waals surface area contributed by atoms with Gasteiger partial charge in [0.05, 0.1) is 18.7 Å². The van der Waals surface area contributed by atoms with E-state index in [0.29, 0.717) is 0 Å². The number of ether oxygens (including phenoxy) is 1. The molecule has 0 saturated carbocycles. The Hall–Kier alpha value is -1.85. The first-order valence-corrected chi connectivity index (χ1v) is 6.90. The molecule has 0 saturated heterocycles. The molecule has 21 heavy (non-hydrogen) atoms. The van der Waals surface area contributed by atoms with Gasteiger partial charge in [0.25, 0.3) is 5.91 Å². The normalized spacial score (nSPS) is 11.8. The van der Waals surface area contributed by atoms with Gasteiger partial charge in [0.15, 0.2) is 10.3 Å². The molecule has 1 amide bonds. The minimum absolute atomic E-state index is 0.00902. The summed E-state index contributed by atoms with van der Waals surface area (Å²) in [6.07, 6.45) is 0. The van der Waals surface area contributed by atoms with E-state index in [4.69, 9.17) is 27.9 Å². The third-order valence-electron chi connectivity index (χ3n) is 2.91. The second-order valence-electron chi connectivity index (χ2n) is 4.34. The van der Waals surface area contributed by atoms with Crippen LogP contribution in [0.25, 0.3) is 0 Å². The molecule has 0 aliphatic carbocycles. The van der Waals surface area contributed by atoms with E-state index < -0.39 is 0 Å². The number of halogens is 2. The minimum atomic E-state index is -0.368. The Morgan fingerprint density at radius 1 is 1.29 bits per heavy atom. The summed E-state index contributed by atoms with van der Waals surface area (Å²) in [5.74, 6) is 0.354. The molecule has 0 fully saturated rings. The summed E-state index contributed by atoms with van der Waals surface area (Å²) >= 11 is 11.6. The quantitative estimate of drug-likeness (QED) is 0.936. The molecule has 0 bridgehead atoms. The van der Waals surface area contributed by atoms with Gasteiger partial charge in [0.1, 0.15) is 5.75 Å².